The second-order valence-electron chi connectivity index (χ2n) is 6.06. The Bertz CT molecular complexity index is 828. The van der Waals surface area contributed by atoms with Gasteiger partial charge in [-0.05, 0) is 36.8 Å². The van der Waals surface area contributed by atoms with E-state index in [1.807, 2.05) is 24.5 Å². The summed E-state index contributed by atoms with van der Waals surface area (Å²) in [4.78, 5) is 4.07. The first-order valence-electron chi connectivity index (χ1n) is 8.22. The van der Waals surface area contributed by atoms with E-state index < -0.39 is 0 Å². The maximum absolute atomic E-state index is 5.59. The average Bonchev–Trinajstić information content (AvgIpc) is 3.07. The number of rotatable bonds is 4. The highest BCUT2D eigenvalue weighted by Crippen LogP contribution is 2.29. The molecule has 2 aromatic heterocycles. The van der Waals surface area contributed by atoms with Crippen LogP contribution >= 0.6 is 0 Å². The smallest absolute Gasteiger partial charge is 0.0979 e. The molecule has 0 spiro atoms. The van der Waals surface area contributed by atoms with E-state index in [0.717, 1.165) is 30.0 Å². The lowest BCUT2D eigenvalue weighted by atomic mass is 10.0. The van der Waals surface area contributed by atoms with E-state index in [4.69, 9.17) is 4.74 Å². The van der Waals surface area contributed by atoms with Gasteiger partial charge >= 0.3 is 0 Å². The third-order valence-electron chi connectivity index (χ3n) is 4.42. The Labute approximate surface area is 141 Å². The topological polar surface area (TPSA) is 62.8 Å². The Morgan fingerprint density at radius 1 is 1.21 bits per heavy atom. The van der Waals surface area contributed by atoms with Gasteiger partial charge in [0, 0.05) is 47.4 Å². The van der Waals surface area contributed by atoms with Gasteiger partial charge < -0.3 is 10.1 Å². The Kier molecular flexibility index (Phi) is 4.01. The highest BCUT2D eigenvalue weighted by Gasteiger charge is 2.18. The summed E-state index contributed by atoms with van der Waals surface area (Å²) in [6, 6.07) is 12.6. The monoisotopic (exact) mass is 320 g/mol. The number of hydrogen-bond donors (Lipinski definition) is 2. The van der Waals surface area contributed by atoms with Gasteiger partial charge in [-0.1, -0.05) is 12.1 Å². The highest BCUT2D eigenvalue weighted by atomic mass is 16.5. The predicted molar refractivity (Wildman–Crippen MR) is 93.7 cm³/mol. The van der Waals surface area contributed by atoms with E-state index >= 15 is 0 Å². The van der Waals surface area contributed by atoms with Gasteiger partial charge in [0.05, 0.1) is 18.9 Å². The normalized spacial score (nSPS) is 14.9. The van der Waals surface area contributed by atoms with Crippen molar-refractivity contribution in [3.05, 3.63) is 65.6 Å². The summed E-state index contributed by atoms with van der Waals surface area (Å²) in [5.74, 6) is 0. The molecular formula is C19H20N4O. The first-order valence-corrected chi connectivity index (χ1v) is 8.22. The van der Waals surface area contributed by atoms with Crippen molar-refractivity contribution in [2.24, 2.45) is 0 Å². The van der Waals surface area contributed by atoms with Gasteiger partial charge in [-0.2, -0.15) is 5.10 Å². The lowest BCUT2D eigenvalue weighted by Gasteiger charge is -2.16. The van der Waals surface area contributed by atoms with Gasteiger partial charge in [0.2, 0.25) is 0 Å². The van der Waals surface area contributed by atoms with Crippen LogP contribution < -0.4 is 5.32 Å². The average molecular weight is 320 g/mol. The molecule has 1 unspecified atom stereocenters. The Morgan fingerprint density at radius 2 is 2.08 bits per heavy atom. The molecule has 1 aliphatic rings. The third-order valence-corrected chi connectivity index (χ3v) is 4.42. The van der Waals surface area contributed by atoms with Crippen LogP contribution in [-0.2, 0) is 17.8 Å². The van der Waals surface area contributed by atoms with E-state index in [9.17, 15) is 0 Å². The summed E-state index contributed by atoms with van der Waals surface area (Å²) in [5.41, 5.74) is 6.75. The fourth-order valence-electron chi connectivity index (χ4n) is 3.09. The van der Waals surface area contributed by atoms with Gasteiger partial charge in [0.25, 0.3) is 0 Å². The molecule has 1 aromatic carbocycles. The van der Waals surface area contributed by atoms with Crippen LogP contribution in [0.5, 0.6) is 0 Å². The molecule has 1 atom stereocenters. The van der Waals surface area contributed by atoms with Crippen molar-refractivity contribution in [2.45, 2.75) is 26.0 Å². The summed E-state index contributed by atoms with van der Waals surface area (Å²) >= 11 is 0. The molecule has 5 nitrogen and oxygen atoms in total. The molecule has 24 heavy (non-hydrogen) atoms. The first-order chi connectivity index (χ1) is 11.8. The fourth-order valence-corrected chi connectivity index (χ4v) is 3.09. The predicted octanol–water partition coefficient (Wildman–Crippen LogP) is 3.72. The van der Waals surface area contributed by atoms with Gasteiger partial charge in [-0.25, -0.2) is 0 Å². The molecule has 0 saturated heterocycles. The second kappa shape index (κ2) is 6.45. The summed E-state index contributed by atoms with van der Waals surface area (Å²) in [7, 11) is 0. The van der Waals surface area contributed by atoms with Gasteiger partial charge in [-0.3, -0.25) is 10.1 Å². The SMILES string of the molecule is CC(Nc1cccc(-c2n[nH]c3c2COCC3)c1)c1ccncc1. The molecule has 0 bridgehead atoms. The lowest BCUT2D eigenvalue weighted by Crippen LogP contribution is -2.09. The number of hydrogen-bond acceptors (Lipinski definition) is 4. The van der Waals surface area contributed by atoms with Crippen molar-refractivity contribution in [1.29, 1.82) is 0 Å². The van der Waals surface area contributed by atoms with E-state index in [0.29, 0.717) is 6.61 Å². The number of aromatic nitrogens is 3. The van der Waals surface area contributed by atoms with Crippen molar-refractivity contribution in [2.75, 3.05) is 11.9 Å². The molecule has 1 aliphatic heterocycles. The number of benzene rings is 1. The number of nitrogens with one attached hydrogen (secondary N) is 2. The van der Waals surface area contributed by atoms with E-state index in [1.54, 1.807) is 0 Å². The van der Waals surface area contributed by atoms with E-state index in [-0.39, 0.29) is 6.04 Å². The molecule has 0 aliphatic carbocycles. The van der Waals surface area contributed by atoms with Gasteiger partial charge in [0.1, 0.15) is 0 Å². The number of fused-ring (bicyclic) bond motifs is 1. The van der Waals surface area contributed by atoms with Crippen molar-refractivity contribution < 1.29 is 4.74 Å². The minimum absolute atomic E-state index is 0.208. The minimum atomic E-state index is 0.208. The molecule has 4 rings (SSSR count). The fraction of sp³-hybridized carbons (Fsp3) is 0.263. The number of anilines is 1. The zero-order valence-corrected chi connectivity index (χ0v) is 13.6. The van der Waals surface area contributed by atoms with Crippen LogP contribution in [0.2, 0.25) is 0 Å². The lowest BCUT2D eigenvalue weighted by molar-refractivity contribution is 0.110. The van der Waals surface area contributed by atoms with Crippen LogP contribution in [0.4, 0.5) is 5.69 Å². The minimum Gasteiger partial charge on any atom is -0.379 e. The Balaban J connectivity index is 1.59. The second-order valence-corrected chi connectivity index (χ2v) is 6.06. The number of H-pyrrole nitrogens is 1. The van der Waals surface area contributed by atoms with Crippen molar-refractivity contribution in [3.8, 4) is 11.3 Å². The summed E-state index contributed by atoms with van der Waals surface area (Å²) in [5, 5.41) is 11.2. The van der Waals surface area contributed by atoms with Crippen LogP contribution in [0.3, 0.4) is 0 Å². The largest absolute Gasteiger partial charge is 0.379 e. The molecule has 3 heterocycles. The quantitative estimate of drug-likeness (QED) is 0.769. The van der Waals surface area contributed by atoms with Crippen LogP contribution in [0.25, 0.3) is 11.3 Å². The van der Waals surface area contributed by atoms with Crippen LogP contribution in [0, 0.1) is 0 Å². The van der Waals surface area contributed by atoms with Crippen LogP contribution in [0.15, 0.2) is 48.8 Å². The summed E-state index contributed by atoms with van der Waals surface area (Å²) in [6.45, 7) is 3.54. The summed E-state index contributed by atoms with van der Waals surface area (Å²) < 4.78 is 5.59. The molecule has 0 saturated carbocycles. The van der Waals surface area contributed by atoms with E-state index in [1.165, 1.54) is 16.8 Å². The molecule has 0 fully saturated rings. The molecule has 5 heteroatoms. The van der Waals surface area contributed by atoms with Gasteiger partial charge in [0.15, 0.2) is 0 Å². The highest BCUT2D eigenvalue weighted by molar-refractivity contribution is 5.68. The molecule has 0 amide bonds. The summed E-state index contributed by atoms with van der Waals surface area (Å²) in [6.07, 6.45) is 4.54. The van der Waals surface area contributed by atoms with Crippen molar-refractivity contribution >= 4 is 5.69 Å². The number of ether oxygens (including phenoxy) is 1. The molecule has 2 N–H and O–H groups in total. The van der Waals surface area contributed by atoms with Crippen LogP contribution in [0.1, 0.15) is 29.8 Å². The standard InChI is InChI=1S/C19H20N4O/c1-13(14-5-8-20-9-6-14)21-16-4-2-3-15(11-16)19-17-12-24-10-7-18(17)22-23-19/h2-6,8-9,11,13,21H,7,10,12H2,1H3,(H,22,23). The maximum Gasteiger partial charge on any atom is 0.0979 e. The molecule has 3 aromatic rings. The van der Waals surface area contributed by atoms with Crippen molar-refractivity contribution in [1.82, 2.24) is 15.2 Å². The van der Waals surface area contributed by atoms with E-state index in [2.05, 4.69) is 51.7 Å². The molecule has 122 valence electrons. The maximum atomic E-state index is 5.59. The Morgan fingerprint density at radius 3 is 2.96 bits per heavy atom. The third kappa shape index (κ3) is 2.90. The molecule has 0 radical (unpaired) electrons. The number of nitrogens with zero attached hydrogens (tertiary/aromatic N) is 2. The van der Waals surface area contributed by atoms with Gasteiger partial charge in [-0.15, -0.1) is 0 Å². The first kappa shape index (κ1) is 14.9. The van der Waals surface area contributed by atoms with Crippen LogP contribution in [-0.4, -0.2) is 21.8 Å². The Hall–Kier alpha value is -2.66. The zero-order chi connectivity index (χ0) is 16.4. The number of pyridine rings is 1. The zero-order valence-electron chi connectivity index (χ0n) is 13.6. The number of aromatic amines is 1. The van der Waals surface area contributed by atoms with Crippen molar-refractivity contribution in [3.63, 3.8) is 0 Å². The molecular weight excluding hydrogens is 300 g/mol.